The van der Waals surface area contributed by atoms with Crippen LogP contribution in [0.25, 0.3) is 0 Å². The number of ether oxygens (including phenoxy) is 1. The summed E-state index contributed by atoms with van der Waals surface area (Å²) in [5, 5.41) is 4.78. The summed E-state index contributed by atoms with van der Waals surface area (Å²) in [7, 11) is -3.65. The van der Waals surface area contributed by atoms with Gasteiger partial charge >= 0.3 is 0 Å². The highest BCUT2D eigenvalue weighted by molar-refractivity contribution is 7.89. The van der Waals surface area contributed by atoms with E-state index < -0.39 is 27.7 Å². The molecule has 0 aromatic heterocycles. The molecular formula is C19H17N3O6S. The number of nitrogens with one attached hydrogen (secondary N) is 2. The Morgan fingerprint density at radius 2 is 1.69 bits per heavy atom. The average molecular weight is 415 g/mol. The second-order valence-electron chi connectivity index (χ2n) is 6.51. The molecular weight excluding hydrogens is 398 g/mol. The number of anilines is 1. The number of carbonyl (C=O) groups is 3. The minimum Gasteiger partial charge on any atom is -0.379 e. The molecule has 150 valence electrons. The molecule has 9 nitrogen and oxygen atoms in total. The first-order valence-electron chi connectivity index (χ1n) is 8.86. The van der Waals surface area contributed by atoms with Crippen LogP contribution in [-0.2, 0) is 14.8 Å². The maximum absolute atomic E-state index is 12.6. The number of hydrogen-bond donors (Lipinski definition) is 2. The van der Waals surface area contributed by atoms with E-state index in [1.54, 1.807) is 6.07 Å². The normalized spacial score (nSPS) is 17.0. The van der Waals surface area contributed by atoms with Crippen LogP contribution in [0.5, 0.6) is 0 Å². The van der Waals surface area contributed by atoms with Gasteiger partial charge in [-0.2, -0.15) is 4.31 Å². The van der Waals surface area contributed by atoms with E-state index in [9.17, 15) is 22.8 Å². The molecule has 2 N–H and O–H groups in total. The van der Waals surface area contributed by atoms with Crippen molar-refractivity contribution in [2.75, 3.05) is 31.6 Å². The Morgan fingerprint density at radius 3 is 2.38 bits per heavy atom. The fraction of sp³-hybridized carbons (Fsp3) is 0.211. The van der Waals surface area contributed by atoms with Gasteiger partial charge in [-0.1, -0.05) is 6.07 Å². The molecule has 2 aliphatic rings. The van der Waals surface area contributed by atoms with Crippen molar-refractivity contribution in [3.8, 4) is 0 Å². The van der Waals surface area contributed by atoms with Gasteiger partial charge in [-0.3, -0.25) is 19.7 Å². The fourth-order valence-electron chi connectivity index (χ4n) is 3.23. The van der Waals surface area contributed by atoms with E-state index >= 15 is 0 Å². The van der Waals surface area contributed by atoms with Gasteiger partial charge in [0.15, 0.2) is 0 Å². The summed E-state index contributed by atoms with van der Waals surface area (Å²) in [6.45, 7) is 1.25. The number of hydrogen-bond acceptors (Lipinski definition) is 6. The van der Waals surface area contributed by atoms with Crippen LogP contribution in [0, 0.1) is 0 Å². The second-order valence-corrected chi connectivity index (χ2v) is 8.44. The van der Waals surface area contributed by atoms with Crippen LogP contribution in [0.2, 0.25) is 0 Å². The minimum atomic E-state index is -3.65. The molecule has 1 fully saturated rings. The highest BCUT2D eigenvalue weighted by Crippen LogP contribution is 2.25. The van der Waals surface area contributed by atoms with Gasteiger partial charge in [0, 0.05) is 18.7 Å². The zero-order valence-electron chi connectivity index (χ0n) is 15.2. The zero-order chi connectivity index (χ0) is 20.6. The second kappa shape index (κ2) is 7.39. The van der Waals surface area contributed by atoms with Gasteiger partial charge < -0.3 is 10.1 Å². The Kier molecular flexibility index (Phi) is 4.91. The maximum atomic E-state index is 12.6. The lowest BCUT2D eigenvalue weighted by molar-refractivity contribution is 0.0730. The minimum absolute atomic E-state index is 0.0847. The molecule has 0 spiro atoms. The van der Waals surface area contributed by atoms with E-state index in [4.69, 9.17) is 4.74 Å². The van der Waals surface area contributed by atoms with Crippen LogP contribution in [0.3, 0.4) is 0 Å². The third-order valence-corrected chi connectivity index (χ3v) is 6.65. The third kappa shape index (κ3) is 3.53. The van der Waals surface area contributed by atoms with Crippen LogP contribution in [-0.4, -0.2) is 56.7 Å². The molecule has 29 heavy (non-hydrogen) atoms. The third-order valence-electron chi connectivity index (χ3n) is 4.74. The number of benzene rings is 2. The zero-order valence-corrected chi connectivity index (χ0v) is 16.0. The van der Waals surface area contributed by atoms with E-state index in [-0.39, 0.29) is 40.4 Å². The largest absolute Gasteiger partial charge is 0.379 e. The molecule has 4 rings (SSSR count). The highest BCUT2D eigenvalue weighted by atomic mass is 32.2. The molecule has 0 aliphatic carbocycles. The van der Waals surface area contributed by atoms with Gasteiger partial charge in [0.05, 0.1) is 34.9 Å². The smallest absolute Gasteiger partial charge is 0.261 e. The molecule has 2 heterocycles. The average Bonchev–Trinajstić information content (AvgIpc) is 3.03. The lowest BCUT2D eigenvalue weighted by Crippen LogP contribution is -2.40. The number of rotatable bonds is 4. The van der Waals surface area contributed by atoms with E-state index in [2.05, 4.69) is 10.6 Å². The Bertz CT molecular complexity index is 1110. The van der Waals surface area contributed by atoms with Crippen molar-refractivity contribution in [1.82, 2.24) is 9.62 Å². The van der Waals surface area contributed by atoms with Gasteiger partial charge in [0.2, 0.25) is 10.0 Å². The van der Waals surface area contributed by atoms with Crippen molar-refractivity contribution >= 4 is 33.4 Å². The van der Waals surface area contributed by atoms with Crippen molar-refractivity contribution in [3.05, 3.63) is 59.2 Å². The van der Waals surface area contributed by atoms with Gasteiger partial charge in [0.1, 0.15) is 0 Å². The summed E-state index contributed by atoms with van der Waals surface area (Å²) in [6, 6.07) is 10.1. The lowest BCUT2D eigenvalue weighted by Gasteiger charge is -2.26. The molecule has 1 saturated heterocycles. The Labute approximate surface area is 166 Å². The molecule has 0 radical (unpaired) electrons. The molecule has 0 unspecified atom stereocenters. The van der Waals surface area contributed by atoms with Crippen molar-refractivity contribution in [3.63, 3.8) is 0 Å². The number of amides is 3. The number of nitrogens with zero attached hydrogens (tertiary/aromatic N) is 1. The van der Waals surface area contributed by atoms with E-state index in [1.807, 2.05) is 0 Å². The summed E-state index contributed by atoms with van der Waals surface area (Å²) in [5.41, 5.74) is 0.728. The van der Waals surface area contributed by atoms with Crippen LogP contribution in [0.15, 0.2) is 47.4 Å². The van der Waals surface area contributed by atoms with E-state index in [1.165, 1.54) is 40.7 Å². The Balaban J connectivity index is 1.54. The van der Waals surface area contributed by atoms with Crippen LogP contribution in [0.1, 0.15) is 31.1 Å². The molecule has 0 saturated carbocycles. The highest BCUT2D eigenvalue weighted by Gasteiger charge is 2.30. The fourth-order valence-corrected chi connectivity index (χ4v) is 4.64. The SMILES string of the molecule is O=C(Nc1cccc2c1C(=O)NC2=O)c1ccc(S(=O)(=O)N2CCOCC2)cc1. The van der Waals surface area contributed by atoms with Crippen LogP contribution < -0.4 is 10.6 Å². The predicted octanol–water partition coefficient (Wildman–Crippen LogP) is 0.843. The summed E-state index contributed by atoms with van der Waals surface area (Å²) in [4.78, 5) is 36.3. The summed E-state index contributed by atoms with van der Waals surface area (Å²) in [5.74, 6) is -1.62. The topological polar surface area (TPSA) is 122 Å². The van der Waals surface area contributed by atoms with Crippen molar-refractivity contribution in [2.24, 2.45) is 0 Å². The molecule has 2 aromatic carbocycles. The lowest BCUT2D eigenvalue weighted by atomic mass is 10.1. The number of imide groups is 1. The number of morpholine rings is 1. The Hall–Kier alpha value is -3.08. The van der Waals surface area contributed by atoms with Crippen LogP contribution in [0.4, 0.5) is 5.69 Å². The molecule has 2 aromatic rings. The summed E-state index contributed by atoms with van der Waals surface area (Å²) >= 11 is 0. The first-order valence-corrected chi connectivity index (χ1v) is 10.3. The number of fused-ring (bicyclic) bond motifs is 1. The van der Waals surface area contributed by atoms with Crippen LogP contribution >= 0.6 is 0 Å². The first kappa shape index (κ1) is 19.2. The van der Waals surface area contributed by atoms with E-state index in [0.717, 1.165) is 0 Å². The molecule has 2 aliphatic heterocycles. The first-order chi connectivity index (χ1) is 13.9. The van der Waals surface area contributed by atoms with Gasteiger partial charge in [0.25, 0.3) is 17.7 Å². The van der Waals surface area contributed by atoms with Crippen molar-refractivity contribution in [1.29, 1.82) is 0 Å². The van der Waals surface area contributed by atoms with Gasteiger partial charge in [-0.15, -0.1) is 0 Å². The number of sulfonamides is 1. The van der Waals surface area contributed by atoms with Gasteiger partial charge in [-0.25, -0.2) is 8.42 Å². The maximum Gasteiger partial charge on any atom is 0.261 e. The van der Waals surface area contributed by atoms with Crippen molar-refractivity contribution in [2.45, 2.75) is 4.90 Å². The van der Waals surface area contributed by atoms with Crippen molar-refractivity contribution < 1.29 is 27.5 Å². The standard InChI is InChI=1S/C19H17N3O6S/c23-17(20-15-3-1-2-14-16(15)19(25)21-18(14)24)12-4-6-13(7-5-12)29(26,27)22-8-10-28-11-9-22/h1-7H,8-11H2,(H,20,23)(H,21,24,25). The molecule has 0 bridgehead atoms. The number of carbonyl (C=O) groups excluding carboxylic acids is 3. The summed E-state index contributed by atoms with van der Waals surface area (Å²) in [6.07, 6.45) is 0. The van der Waals surface area contributed by atoms with E-state index in [0.29, 0.717) is 13.2 Å². The summed E-state index contributed by atoms with van der Waals surface area (Å²) < 4.78 is 31.8. The molecule has 0 atom stereocenters. The van der Waals surface area contributed by atoms with Gasteiger partial charge in [-0.05, 0) is 36.4 Å². The quantitative estimate of drug-likeness (QED) is 0.714. The predicted molar refractivity (Wildman–Crippen MR) is 102 cm³/mol. The monoisotopic (exact) mass is 415 g/mol. The Morgan fingerprint density at radius 1 is 1.00 bits per heavy atom. The molecule has 10 heteroatoms. The molecule has 3 amide bonds.